The van der Waals surface area contributed by atoms with Gasteiger partial charge in [-0.2, -0.15) is 0 Å². The Labute approximate surface area is 84.4 Å². The predicted molar refractivity (Wildman–Crippen MR) is 58.5 cm³/mol. The van der Waals surface area contributed by atoms with Crippen molar-refractivity contribution in [1.29, 1.82) is 0 Å². The van der Waals surface area contributed by atoms with Crippen LogP contribution in [0, 0.1) is 0 Å². The monoisotopic (exact) mass is 198 g/mol. The topological polar surface area (TPSA) is 24.9 Å². The zero-order chi connectivity index (χ0) is 9.68. The minimum Gasteiger partial charge on any atom is -0.319 e. The highest BCUT2D eigenvalue weighted by Gasteiger charge is 2.08. The second kappa shape index (κ2) is 5.35. The van der Waals surface area contributed by atoms with Crippen LogP contribution in [0.4, 0.5) is 0 Å². The standard InChI is InChI=1S/C10H18N2S/c1-4-5-9-7-13-10(12-9)8(2)6-11-3/h7-8,11H,4-6H2,1-3H3. The number of aromatic nitrogens is 1. The van der Waals surface area contributed by atoms with Gasteiger partial charge < -0.3 is 5.32 Å². The van der Waals surface area contributed by atoms with Gasteiger partial charge in [0.05, 0.1) is 10.7 Å². The van der Waals surface area contributed by atoms with Crippen molar-refractivity contribution in [1.82, 2.24) is 10.3 Å². The molecule has 0 aliphatic heterocycles. The molecule has 1 atom stereocenters. The minimum atomic E-state index is 0.542. The van der Waals surface area contributed by atoms with E-state index in [4.69, 9.17) is 0 Å². The van der Waals surface area contributed by atoms with Crippen molar-refractivity contribution in [2.45, 2.75) is 32.6 Å². The Morgan fingerprint density at radius 1 is 1.62 bits per heavy atom. The van der Waals surface area contributed by atoms with Gasteiger partial charge in [0.1, 0.15) is 0 Å². The van der Waals surface area contributed by atoms with E-state index in [2.05, 4.69) is 29.5 Å². The number of aryl methyl sites for hydroxylation is 1. The summed E-state index contributed by atoms with van der Waals surface area (Å²) >= 11 is 1.79. The molecule has 0 radical (unpaired) electrons. The molecule has 1 unspecified atom stereocenters. The molecule has 1 aromatic heterocycles. The van der Waals surface area contributed by atoms with Crippen LogP contribution >= 0.6 is 11.3 Å². The largest absolute Gasteiger partial charge is 0.319 e. The summed E-state index contributed by atoms with van der Waals surface area (Å²) < 4.78 is 0. The van der Waals surface area contributed by atoms with E-state index in [0.29, 0.717) is 5.92 Å². The van der Waals surface area contributed by atoms with Crippen LogP contribution in [0.3, 0.4) is 0 Å². The maximum atomic E-state index is 4.60. The summed E-state index contributed by atoms with van der Waals surface area (Å²) in [6.45, 7) is 5.42. The van der Waals surface area contributed by atoms with Crippen molar-refractivity contribution in [3.63, 3.8) is 0 Å². The van der Waals surface area contributed by atoms with Gasteiger partial charge in [0.2, 0.25) is 0 Å². The number of rotatable bonds is 5. The van der Waals surface area contributed by atoms with Crippen LogP contribution < -0.4 is 5.32 Å². The van der Waals surface area contributed by atoms with E-state index in [9.17, 15) is 0 Å². The van der Waals surface area contributed by atoms with Crippen molar-refractivity contribution in [3.8, 4) is 0 Å². The molecule has 3 heteroatoms. The zero-order valence-electron chi connectivity index (χ0n) is 8.63. The van der Waals surface area contributed by atoms with E-state index in [1.807, 2.05) is 7.05 Å². The molecular weight excluding hydrogens is 180 g/mol. The molecule has 1 N–H and O–H groups in total. The molecule has 1 heterocycles. The van der Waals surface area contributed by atoms with Gasteiger partial charge >= 0.3 is 0 Å². The van der Waals surface area contributed by atoms with E-state index in [0.717, 1.165) is 13.0 Å². The van der Waals surface area contributed by atoms with Crippen molar-refractivity contribution < 1.29 is 0 Å². The highest BCUT2D eigenvalue weighted by Crippen LogP contribution is 2.19. The molecular formula is C10H18N2S. The molecule has 0 spiro atoms. The molecule has 0 fully saturated rings. The average Bonchev–Trinajstić information content (AvgIpc) is 2.54. The van der Waals surface area contributed by atoms with Gasteiger partial charge in [0.15, 0.2) is 0 Å². The third kappa shape index (κ3) is 3.08. The Balaban J connectivity index is 2.56. The maximum absolute atomic E-state index is 4.60. The first-order chi connectivity index (χ1) is 6.27. The minimum absolute atomic E-state index is 0.542. The Morgan fingerprint density at radius 2 is 2.38 bits per heavy atom. The number of hydrogen-bond donors (Lipinski definition) is 1. The summed E-state index contributed by atoms with van der Waals surface area (Å²) in [5.74, 6) is 0.542. The fourth-order valence-corrected chi connectivity index (χ4v) is 2.23. The first-order valence-corrected chi connectivity index (χ1v) is 5.74. The Hall–Kier alpha value is -0.410. The fraction of sp³-hybridized carbons (Fsp3) is 0.700. The number of thiazole rings is 1. The van der Waals surface area contributed by atoms with Crippen LogP contribution in [-0.4, -0.2) is 18.6 Å². The van der Waals surface area contributed by atoms with Crippen LogP contribution in [-0.2, 0) is 6.42 Å². The third-order valence-corrected chi connectivity index (χ3v) is 3.13. The van der Waals surface area contributed by atoms with E-state index < -0.39 is 0 Å². The van der Waals surface area contributed by atoms with E-state index >= 15 is 0 Å². The summed E-state index contributed by atoms with van der Waals surface area (Å²) in [6, 6.07) is 0. The van der Waals surface area contributed by atoms with E-state index in [1.165, 1.54) is 17.1 Å². The quantitative estimate of drug-likeness (QED) is 0.786. The zero-order valence-corrected chi connectivity index (χ0v) is 9.45. The lowest BCUT2D eigenvalue weighted by Crippen LogP contribution is -2.14. The summed E-state index contributed by atoms with van der Waals surface area (Å²) in [6.07, 6.45) is 2.30. The molecule has 0 aromatic carbocycles. The SMILES string of the molecule is CCCc1csc(C(C)CNC)n1. The Bertz CT molecular complexity index is 245. The molecule has 2 nitrogen and oxygen atoms in total. The molecule has 0 saturated heterocycles. The summed E-state index contributed by atoms with van der Waals surface area (Å²) in [5, 5.41) is 6.62. The van der Waals surface area contributed by atoms with Gasteiger partial charge in [-0.1, -0.05) is 20.3 Å². The number of nitrogens with one attached hydrogen (secondary N) is 1. The normalized spacial score (nSPS) is 13.2. The van der Waals surface area contributed by atoms with Gasteiger partial charge in [0, 0.05) is 17.8 Å². The van der Waals surface area contributed by atoms with Gasteiger partial charge in [-0.05, 0) is 13.5 Å². The van der Waals surface area contributed by atoms with Gasteiger partial charge in [-0.15, -0.1) is 11.3 Å². The highest BCUT2D eigenvalue weighted by atomic mass is 32.1. The highest BCUT2D eigenvalue weighted by molar-refractivity contribution is 7.09. The lowest BCUT2D eigenvalue weighted by Gasteiger charge is -2.05. The second-order valence-corrected chi connectivity index (χ2v) is 4.28. The molecule has 0 amide bonds. The lowest BCUT2D eigenvalue weighted by atomic mass is 10.2. The van der Waals surface area contributed by atoms with Crippen molar-refractivity contribution >= 4 is 11.3 Å². The smallest absolute Gasteiger partial charge is 0.0969 e. The van der Waals surface area contributed by atoms with Crippen LogP contribution in [0.15, 0.2) is 5.38 Å². The van der Waals surface area contributed by atoms with Gasteiger partial charge in [0.25, 0.3) is 0 Å². The maximum Gasteiger partial charge on any atom is 0.0969 e. The summed E-state index contributed by atoms with van der Waals surface area (Å²) in [5.41, 5.74) is 1.26. The molecule has 1 aromatic rings. The summed E-state index contributed by atoms with van der Waals surface area (Å²) in [4.78, 5) is 4.60. The third-order valence-electron chi connectivity index (χ3n) is 2.01. The Kier molecular flexibility index (Phi) is 4.39. The lowest BCUT2D eigenvalue weighted by molar-refractivity contribution is 0.670. The van der Waals surface area contributed by atoms with Gasteiger partial charge in [-0.3, -0.25) is 0 Å². The molecule has 13 heavy (non-hydrogen) atoms. The molecule has 0 aliphatic carbocycles. The van der Waals surface area contributed by atoms with Crippen molar-refractivity contribution in [2.75, 3.05) is 13.6 Å². The van der Waals surface area contributed by atoms with E-state index in [-0.39, 0.29) is 0 Å². The Morgan fingerprint density at radius 3 is 3.00 bits per heavy atom. The van der Waals surface area contributed by atoms with Crippen molar-refractivity contribution in [3.05, 3.63) is 16.1 Å². The average molecular weight is 198 g/mol. The molecule has 0 saturated carbocycles. The predicted octanol–water partition coefficient (Wildman–Crippen LogP) is 2.42. The van der Waals surface area contributed by atoms with Crippen LogP contribution in [0.2, 0.25) is 0 Å². The number of likely N-dealkylation sites (N-methyl/N-ethyl adjacent to an activating group) is 1. The first-order valence-electron chi connectivity index (χ1n) is 4.86. The fourth-order valence-electron chi connectivity index (χ4n) is 1.31. The molecule has 1 rings (SSSR count). The summed E-state index contributed by atoms with van der Waals surface area (Å²) in [7, 11) is 1.98. The first kappa shape index (κ1) is 10.7. The molecule has 0 bridgehead atoms. The molecule has 74 valence electrons. The number of nitrogens with zero attached hydrogens (tertiary/aromatic N) is 1. The molecule has 0 aliphatic rings. The second-order valence-electron chi connectivity index (χ2n) is 3.39. The van der Waals surface area contributed by atoms with Crippen LogP contribution in [0.5, 0.6) is 0 Å². The van der Waals surface area contributed by atoms with Gasteiger partial charge in [-0.25, -0.2) is 4.98 Å². The van der Waals surface area contributed by atoms with Crippen LogP contribution in [0.1, 0.15) is 36.9 Å². The van der Waals surface area contributed by atoms with Crippen LogP contribution in [0.25, 0.3) is 0 Å². The van der Waals surface area contributed by atoms with Crippen molar-refractivity contribution in [2.24, 2.45) is 0 Å². The van der Waals surface area contributed by atoms with E-state index in [1.54, 1.807) is 11.3 Å². The number of hydrogen-bond acceptors (Lipinski definition) is 3.